The van der Waals surface area contributed by atoms with Gasteiger partial charge < -0.3 is 9.84 Å². The third-order valence-corrected chi connectivity index (χ3v) is 4.15. The highest BCUT2D eigenvalue weighted by molar-refractivity contribution is 5.69. The molecule has 0 aromatic heterocycles. The van der Waals surface area contributed by atoms with Gasteiger partial charge in [-0.3, -0.25) is 9.69 Å². The first-order valence-electron chi connectivity index (χ1n) is 5.22. The molecule has 1 N–H and O–H groups in total. The molecule has 1 aliphatic carbocycles. The van der Waals surface area contributed by atoms with Crippen molar-refractivity contribution in [2.75, 3.05) is 20.7 Å². The molecular formula is C11H21NO3. The molecule has 0 spiro atoms. The van der Waals surface area contributed by atoms with Crippen molar-refractivity contribution in [2.24, 2.45) is 5.41 Å². The third kappa shape index (κ3) is 1.88. The predicted molar refractivity (Wildman–Crippen MR) is 57.9 cm³/mol. The fourth-order valence-electron chi connectivity index (χ4n) is 2.49. The molecule has 0 aromatic rings. The molecular weight excluding hydrogens is 194 g/mol. The molecule has 0 radical (unpaired) electrons. The van der Waals surface area contributed by atoms with Crippen LogP contribution in [-0.2, 0) is 9.53 Å². The SMILES string of the molecule is COC1(C)CC(N(C)CC(=O)O)C1(C)C. The minimum atomic E-state index is -0.778. The van der Waals surface area contributed by atoms with Gasteiger partial charge in [-0.1, -0.05) is 13.8 Å². The van der Waals surface area contributed by atoms with Crippen molar-refractivity contribution in [3.63, 3.8) is 0 Å². The van der Waals surface area contributed by atoms with Gasteiger partial charge in [0.1, 0.15) is 0 Å². The van der Waals surface area contributed by atoms with Crippen LogP contribution in [0.4, 0.5) is 0 Å². The van der Waals surface area contributed by atoms with Crippen LogP contribution < -0.4 is 0 Å². The maximum atomic E-state index is 10.6. The van der Waals surface area contributed by atoms with Crippen LogP contribution in [0.15, 0.2) is 0 Å². The van der Waals surface area contributed by atoms with E-state index in [0.717, 1.165) is 6.42 Å². The molecule has 0 bridgehead atoms. The van der Waals surface area contributed by atoms with Crippen molar-refractivity contribution in [2.45, 2.75) is 38.8 Å². The molecule has 1 aliphatic rings. The van der Waals surface area contributed by atoms with Crippen molar-refractivity contribution in [3.8, 4) is 0 Å². The van der Waals surface area contributed by atoms with Crippen molar-refractivity contribution in [3.05, 3.63) is 0 Å². The van der Waals surface area contributed by atoms with Gasteiger partial charge in [0.25, 0.3) is 0 Å². The van der Waals surface area contributed by atoms with Crippen LogP contribution in [0.5, 0.6) is 0 Å². The largest absolute Gasteiger partial charge is 0.480 e. The molecule has 1 fully saturated rings. The first kappa shape index (κ1) is 12.5. The van der Waals surface area contributed by atoms with Gasteiger partial charge >= 0.3 is 5.97 Å². The van der Waals surface area contributed by atoms with Gasteiger partial charge in [0.05, 0.1) is 12.1 Å². The highest BCUT2D eigenvalue weighted by Crippen LogP contribution is 2.53. The molecule has 0 heterocycles. The maximum Gasteiger partial charge on any atom is 0.317 e. The van der Waals surface area contributed by atoms with E-state index in [4.69, 9.17) is 9.84 Å². The second kappa shape index (κ2) is 3.76. The molecule has 2 unspecified atom stereocenters. The van der Waals surface area contributed by atoms with Crippen molar-refractivity contribution >= 4 is 5.97 Å². The number of carbonyl (C=O) groups is 1. The Morgan fingerprint density at radius 2 is 2.07 bits per heavy atom. The molecule has 15 heavy (non-hydrogen) atoms. The van der Waals surface area contributed by atoms with Crippen LogP contribution in [0.25, 0.3) is 0 Å². The number of aliphatic carboxylic acids is 1. The van der Waals surface area contributed by atoms with E-state index >= 15 is 0 Å². The molecule has 2 atom stereocenters. The first-order chi connectivity index (χ1) is 6.74. The normalized spacial score (nSPS) is 33.9. The Labute approximate surface area is 91.2 Å². The van der Waals surface area contributed by atoms with Gasteiger partial charge in [-0.25, -0.2) is 0 Å². The molecule has 0 amide bonds. The molecule has 88 valence electrons. The summed E-state index contributed by atoms with van der Waals surface area (Å²) in [6.45, 7) is 6.43. The Bertz CT molecular complexity index is 265. The number of hydrogen-bond acceptors (Lipinski definition) is 3. The first-order valence-corrected chi connectivity index (χ1v) is 5.22. The van der Waals surface area contributed by atoms with E-state index in [2.05, 4.69) is 20.8 Å². The Morgan fingerprint density at radius 3 is 2.40 bits per heavy atom. The van der Waals surface area contributed by atoms with Gasteiger partial charge in [0.15, 0.2) is 0 Å². The Kier molecular flexibility index (Phi) is 3.12. The molecule has 0 aliphatic heterocycles. The van der Waals surface area contributed by atoms with E-state index in [1.165, 1.54) is 0 Å². The highest BCUT2D eigenvalue weighted by Gasteiger charge is 2.58. The third-order valence-electron chi connectivity index (χ3n) is 4.15. The summed E-state index contributed by atoms with van der Waals surface area (Å²) in [5, 5.41) is 8.74. The number of carboxylic acid groups (broad SMARTS) is 1. The molecule has 1 rings (SSSR count). The lowest BCUT2D eigenvalue weighted by atomic mass is 9.55. The molecule has 0 saturated heterocycles. The standard InChI is InChI=1S/C11H21NO3/c1-10(2)8(6-11(10,3)15-5)12(4)7-9(13)14/h8H,6-7H2,1-5H3,(H,13,14). The number of ether oxygens (including phenoxy) is 1. The van der Waals surface area contributed by atoms with Crippen molar-refractivity contribution in [1.29, 1.82) is 0 Å². The Balaban J connectivity index is 2.66. The average molecular weight is 215 g/mol. The second-order valence-electron chi connectivity index (χ2n) is 5.19. The zero-order valence-corrected chi connectivity index (χ0v) is 10.2. The average Bonchev–Trinajstić information content (AvgIpc) is 2.12. The van der Waals surface area contributed by atoms with Crippen LogP contribution >= 0.6 is 0 Å². The number of carboxylic acids is 1. The Morgan fingerprint density at radius 1 is 1.53 bits per heavy atom. The van der Waals surface area contributed by atoms with Crippen LogP contribution in [-0.4, -0.2) is 48.3 Å². The molecule has 4 heteroatoms. The number of methoxy groups -OCH3 is 1. The van der Waals surface area contributed by atoms with Gasteiger partial charge in [-0.2, -0.15) is 0 Å². The Hall–Kier alpha value is -0.610. The lowest BCUT2D eigenvalue weighted by Crippen LogP contribution is -2.68. The fourth-order valence-corrected chi connectivity index (χ4v) is 2.49. The van der Waals surface area contributed by atoms with Crippen LogP contribution in [0.2, 0.25) is 0 Å². The van der Waals surface area contributed by atoms with Gasteiger partial charge in [-0.05, 0) is 20.4 Å². The maximum absolute atomic E-state index is 10.6. The second-order valence-corrected chi connectivity index (χ2v) is 5.19. The van der Waals surface area contributed by atoms with E-state index in [9.17, 15) is 4.79 Å². The van der Waals surface area contributed by atoms with Gasteiger partial charge in [0.2, 0.25) is 0 Å². The van der Waals surface area contributed by atoms with Crippen molar-refractivity contribution in [1.82, 2.24) is 4.90 Å². The number of hydrogen-bond donors (Lipinski definition) is 1. The monoisotopic (exact) mass is 215 g/mol. The van der Waals surface area contributed by atoms with E-state index < -0.39 is 5.97 Å². The van der Waals surface area contributed by atoms with Gasteiger partial charge in [0, 0.05) is 18.6 Å². The summed E-state index contributed by atoms with van der Waals surface area (Å²) in [7, 11) is 3.57. The van der Waals surface area contributed by atoms with E-state index in [0.29, 0.717) is 0 Å². The zero-order valence-electron chi connectivity index (χ0n) is 10.2. The van der Waals surface area contributed by atoms with E-state index in [-0.39, 0.29) is 23.6 Å². The topological polar surface area (TPSA) is 49.8 Å². The van der Waals surface area contributed by atoms with Crippen LogP contribution in [0.3, 0.4) is 0 Å². The predicted octanol–water partition coefficient (Wildman–Crippen LogP) is 1.21. The van der Waals surface area contributed by atoms with Crippen LogP contribution in [0.1, 0.15) is 27.2 Å². The molecule has 0 aromatic carbocycles. The lowest BCUT2D eigenvalue weighted by molar-refractivity contribution is -0.207. The summed E-state index contributed by atoms with van der Waals surface area (Å²) in [4.78, 5) is 12.5. The number of nitrogens with zero attached hydrogens (tertiary/aromatic N) is 1. The summed E-state index contributed by atoms with van der Waals surface area (Å²) < 4.78 is 5.50. The minimum Gasteiger partial charge on any atom is -0.480 e. The van der Waals surface area contributed by atoms with Crippen LogP contribution in [0, 0.1) is 5.41 Å². The summed E-state index contributed by atoms with van der Waals surface area (Å²) in [6, 6.07) is 0.276. The fraction of sp³-hybridized carbons (Fsp3) is 0.909. The van der Waals surface area contributed by atoms with E-state index in [1.54, 1.807) is 7.11 Å². The van der Waals surface area contributed by atoms with E-state index in [1.807, 2.05) is 11.9 Å². The number of rotatable bonds is 4. The summed E-state index contributed by atoms with van der Waals surface area (Å²) >= 11 is 0. The molecule has 1 saturated carbocycles. The summed E-state index contributed by atoms with van der Waals surface area (Å²) in [6.07, 6.45) is 0.889. The minimum absolute atomic E-state index is 0.00799. The molecule has 4 nitrogen and oxygen atoms in total. The number of likely N-dealkylation sites (N-methyl/N-ethyl adjacent to an activating group) is 1. The smallest absolute Gasteiger partial charge is 0.317 e. The summed E-state index contributed by atoms with van der Waals surface area (Å²) in [5.74, 6) is -0.778. The zero-order chi connectivity index (χ0) is 11.9. The lowest BCUT2D eigenvalue weighted by Gasteiger charge is -2.61. The van der Waals surface area contributed by atoms with Crippen molar-refractivity contribution < 1.29 is 14.6 Å². The quantitative estimate of drug-likeness (QED) is 0.765. The van der Waals surface area contributed by atoms with Gasteiger partial charge in [-0.15, -0.1) is 0 Å². The summed E-state index contributed by atoms with van der Waals surface area (Å²) in [5.41, 5.74) is -0.142. The highest BCUT2D eigenvalue weighted by atomic mass is 16.5.